The van der Waals surface area contributed by atoms with Gasteiger partial charge in [0.05, 0.1) is 23.7 Å². The largest absolute Gasteiger partial charge is 0.466 e. The second-order valence-corrected chi connectivity index (χ2v) is 10.5. The first kappa shape index (κ1) is 27.3. The Labute approximate surface area is 211 Å². The van der Waals surface area contributed by atoms with E-state index in [0.29, 0.717) is 10.4 Å². The van der Waals surface area contributed by atoms with Crippen molar-refractivity contribution in [1.29, 1.82) is 0 Å². The first-order valence-electron chi connectivity index (χ1n) is 11.4. The van der Waals surface area contributed by atoms with E-state index in [1.807, 2.05) is 0 Å². The van der Waals surface area contributed by atoms with Crippen LogP contribution in [0.15, 0.2) is 18.2 Å². The van der Waals surface area contributed by atoms with E-state index >= 15 is 0 Å². The average Bonchev–Trinajstić information content (AvgIpc) is 3.29. The van der Waals surface area contributed by atoms with Gasteiger partial charge in [-0.25, -0.2) is 13.6 Å². The molecule has 0 radical (unpaired) electrons. The maximum Gasteiger partial charge on any atom is 0.408 e. The minimum absolute atomic E-state index is 0.0800. The van der Waals surface area contributed by atoms with Gasteiger partial charge in [0.2, 0.25) is 11.7 Å². The molecule has 1 heterocycles. The molecular formula is C25H28F2N2O6S. The number of carbonyl (C=O) groups is 4. The Bertz CT molecular complexity index is 1180. The van der Waals surface area contributed by atoms with Crippen molar-refractivity contribution in [3.05, 3.63) is 51.4 Å². The van der Waals surface area contributed by atoms with Crippen LogP contribution in [0, 0.1) is 17.6 Å². The molecule has 1 aliphatic rings. The van der Waals surface area contributed by atoms with Gasteiger partial charge >= 0.3 is 12.1 Å². The summed E-state index contributed by atoms with van der Waals surface area (Å²) in [5.41, 5.74) is -1.17. The summed E-state index contributed by atoms with van der Waals surface area (Å²) in [5.74, 6) is -4.67. The van der Waals surface area contributed by atoms with E-state index in [1.165, 1.54) is 6.92 Å². The second-order valence-electron chi connectivity index (χ2n) is 9.35. The zero-order valence-corrected chi connectivity index (χ0v) is 21.4. The lowest BCUT2D eigenvalue weighted by Gasteiger charge is -2.21. The zero-order chi connectivity index (χ0) is 26.8. The normalized spacial score (nSPS) is 15.6. The highest BCUT2D eigenvalue weighted by atomic mass is 32.1. The number of alkyl carbamates (subject to hydrolysis) is 1. The van der Waals surface area contributed by atoms with Crippen LogP contribution < -0.4 is 10.6 Å². The monoisotopic (exact) mass is 522 g/mol. The molecule has 0 bridgehead atoms. The SMILES string of the molecule is CCOC(=O)C1Cc2sc(NC(=O)C(C)NC(=O)OC(C)(C)C)c(C(=O)c3c(F)cccc3F)c2C1. The first-order chi connectivity index (χ1) is 16.8. The molecule has 2 amide bonds. The average molecular weight is 523 g/mol. The summed E-state index contributed by atoms with van der Waals surface area (Å²) >= 11 is 1.05. The van der Waals surface area contributed by atoms with E-state index in [4.69, 9.17) is 9.47 Å². The Hall–Kier alpha value is -3.34. The van der Waals surface area contributed by atoms with Gasteiger partial charge in [0.25, 0.3) is 0 Å². The number of carbonyl (C=O) groups excluding carboxylic acids is 4. The van der Waals surface area contributed by atoms with E-state index in [0.717, 1.165) is 29.5 Å². The van der Waals surface area contributed by atoms with Gasteiger partial charge in [-0.05, 0) is 65.2 Å². The van der Waals surface area contributed by atoms with Crippen molar-refractivity contribution in [3.8, 4) is 0 Å². The van der Waals surface area contributed by atoms with Crippen molar-refractivity contribution < 1.29 is 37.4 Å². The highest BCUT2D eigenvalue weighted by Gasteiger charge is 2.37. The number of fused-ring (bicyclic) bond motifs is 1. The minimum atomic E-state index is -1.04. The Kier molecular flexibility index (Phi) is 8.12. The lowest BCUT2D eigenvalue weighted by atomic mass is 9.98. The summed E-state index contributed by atoms with van der Waals surface area (Å²) < 4.78 is 39.2. The van der Waals surface area contributed by atoms with Crippen LogP contribution in [0.5, 0.6) is 0 Å². The van der Waals surface area contributed by atoms with Gasteiger partial charge in [0.15, 0.2) is 0 Å². The molecule has 1 aliphatic carbocycles. The Morgan fingerprint density at radius 1 is 1.11 bits per heavy atom. The number of nitrogens with one attached hydrogen (secondary N) is 2. The van der Waals surface area contributed by atoms with Crippen molar-refractivity contribution in [1.82, 2.24) is 5.32 Å². The summed E-state index contributed by atoms with van der Waals surface area (Å²) in [6.45, 7) is 8.32. The molecule has 11 heteroatoms. The van der Waals surface area contributed by atoms with E-state index in [-0.39, 0.29) is 30.0 Å². The number of rotatable bonds is 7. The summed E-state index contributed by atoms with van der Waals surface area (Å²) in [6.07, 6.45) is -0.412. The van der Waals surface area contributed by atoms with Crippen molar-refractivity contribution in [2.45, 2.75) is 59.1 Å². The Morgan fingerprint density at radius 3 is 2.33 bits per heavy atom. The number of anilines is 1. The van der Waals surface area contributed by atoms with Gasteiger partial charge in [-0.3, -0.25) is 14.4 Å². The maximum absolute atomic E-state index is 14.5. The standard InChI is InChI=1S/C25H28F2N2O6S/c1-6-34-23(32)13-10-14-17(11-13)36-22(18(14)20(30)19-15(26)8-7-9-16(19)27)29-21(31)12(2)28-24(33)35-25(3,4)5/h7-9,12-13H,6,10-11H2,1-5H3,(H,28,33)(H,29,31). The number of hydrogen-bond acceptors (Lipinski definition) is 7. The molecule has 36 heavy (non-hydrogen) atoms. The van der Waals surface area contributed by atoms with Gasteiger partial charge in [0, 0.05) is 4.88 Å². The van der Waals surface area contributed by atoms with Gasteiger partial charge in [0.1, 0.15) is 28.3 Å². The van der Waals surface area contributed by atoms with Crippen LogP contribution in [-0.4, -0.2) is 42.0 Å². The molecule has 0 spiro atoms. The van der Waals surface area contributed by atoms with Crippen molar-refractivity contribution in [3.63, 3.8) is 0 Å². The third-order valence-corrected chi connectivity index (χ3v) is 6.54. The summed E-state index contributed by atoms with van der Waals surface area (Å²) in [7, 11) is 0. The van der Waals surface area contributed by atoms with E-state index in [1.54, 1.807) is 27.7 Å². The minimum Gasteiger partial charge on any atom is -0.466 e. The molecule has 0 fully saturated rings. The molecule has 8 nitrogen and oxygen atoms in total. The number of esters is 1. The lowest BCUT2D eigenvalue weighted by molar-refractivity contribution is -0.147. The van der Waals surface area contributed by atoms with E-state index in [2.05, 4.69) is 10.6 Å². The molecule has 2 aromatic rings. The third-order valence-electron chi connectivity index (χ3n) is 5.37. The fourth-order valence-corrected chi connectivity index (χ4v) is 5.11. The van der Waals surface area contributed by atoms with Crippen LogP contribution in [0.1, 0.15) is 61.0 Å². The Balaban J connectivity index is 1.92. The highest BCUT2D eigenvalue weighted by molar-refractivity contribution is 7.17. The van der Waals surface area contributed by atoms with Crippen LogP contribution in [0.2, 0.25) is 0 Å². The van der Waals surface area contributed by atoms with Gasteiger partial charge in [-0.1, -0.05) is 6.07 Å². The topological polar surface area (TPSA) is 111 Å². The Morgan fingerprint density at radius 2 is 1.75 bits per heavy atom. The molecule has 2 atom stereocenters. The predicted octanol–water partition coefficient (Wildman–Crippen LogP) is 4.39. The number of halogens is 2. The fraction of sp³-hybridized carbons (Fsp3) is 0.440. The van der Waals surface area contributed by atoms with E-state index in [9.17, 15) is 28.0 Å². The van der Waals surface area contributed by atoms with Gasteiger partial charge < -0.3 is 20.1 Å². The summed E-state index contributed by atoms with van der Waals surface area (Å²) in [6, 6.07) is 2.03. The van der Waals surface area contributed by atoms with Crippen molar-refractivity contribution in [2.75, 3.05) is 11.9 Å². The van der Waals surface area contributed by atoms with Crippen LogP contribution in [0.4, 0.5) is 18.6 Å². The smallest absolute Gasteiger partial charge is 0.408 e. The van der Waals surface area contributed by atoms with Crippen LogP contribution >= 0.6 is 11.3 Å². The quantitative estimate of drug-likeness (QED) is 0.412. The number of ether oxygens (including phenoxy) is 2. The predicted molar refractivity (Wildman–Crippen MR) is 129 cm³/mol. The van der Waals surface area contributed by atoms with Crippen LogP contribution in [0.25, 0.3) is 0 Å². The first-order valence-corrected chi connectivity index (χ1v) is 12.2. The number of hydrogen-bond donors (Lipinski definition) is 2. The summed E-state index contributed by atoms with van der Waals surface area (Å²) in [4.78, 5) is 51.2. The highest BCUT2D eigenvalue weighted by Crippen LogP contribution is 2.43. The molecule has 3 rings (SSSR count). The number of thiophene rings is 1. The molecule has 0 saturated carbocycles. The molecule has 1 aromatic carbocycles. The van der Waals surface area contributed by atoms with Gasteiger partial charge in [-0.15, -0.1) is 11.3 Å². The molecular weight excluding hydrogens is 494 g/mol. The van der Waals surface area contributed by atoms with Crippen LogP contribution in [-0.2, 0) is 31.9 Å². The molecule has 2 N–H and O–H groups in total. The molecule has 0 saturated heterocycles. The zero-order valence-electron chi connectivity index (χ0n) is 20.6. The third kappa shape index (κ3) is 6.07. The van der Waals surface area contributed by atoms with Crippen molar-refractivity contribution >= 4 is 40.1 Å². The van der Waals surface area contributed by atoms with E-state index < -0.39 is 58.5 Å². The number of benzene rings is 1. The fourth-order valence-electron chi connectivity index (χ4n) is 3.80. The summed E-state index contributed by atoms with van der Waals surface area (Å²) in [5, 5.41) is 5.08. The van der Waals surface area contributed by atoms with Crippen LogP contribution in [0.3, 0.4) is 0 Å². The lowest BCUT2D eigenvalue weighted by Crippen LogP contribution is -2.44. The van der Waals surface area contributed by atoms with Crippen molar-refractivity contribution in [2.24, 2.45) is 5.92 Å². The number of amides is 2. The number of ketones is 1. The molecule has 2 unspecified atom stereocenters. The molecule has 0 aliphatic heterocycles. The molecule has 1 aromatic heterocycles. The molecule has 194 valence electrons. The van der Waals surface area contributed by atoms with Gasteiger partial charge in [-0.2, -0.15) is 0 Å². The second kappa shape index (κ2) is 10.7. The maximum atomic E-state index is 14.5.